The number of ether oxygens (including phenoxy) is 1. The number of amides is 1. The van der Waals surface area contributed by atoms with Gasteiger partial charge in [-0.05, 0) is 39.2 Å². The molecule has 0 spiro atoms. The number of para-hydroxylation sites is 1. The Kier molecular flexibility index (Phi) is 5.69. The molecule has 1 fully saturated rings. The van der Waals surface area contributed by atoms with Gasteiger partial charge in [0.15, 0.2) is 5.96 Å². The standard InChI is InChI=1S/C20H30N4O2/c1-20(2)13-16(15-7-4-5-8-17(15)26-20)24-19(21-3)22-12-6-9-18(25)23-14-10-11-14/h4-5,7-8,14,16H,6,9-13H2,1-3H3,(H,23,25)(H2,21,22,24). The van der Waals surface area contributed by atoms with Crippen LogP contribution in [0.25, 0.3) is 0 Å². The Bertz CT molecular complexity index is 668. The van der Waals surface area contributed by atoms with Gasteiger partial charge in [-0.25, -0.2) is 0 Å². The Hall–Kier alpha value is -2.24. The van der Waals surface area contributed by atoms with Gasteiger partial charge in [-0.2, -0.15) is 0 Å². The molecule has 0 saturated heterocycles. The molecule has 1 aliphatic heterocycles. The lowest BCUT2D eigenvalue weighted by Crippen LogP contribution is -2.45. The fourth-order valence-electron chi connectivity index (χ4n) is 3.27. The zero-order valence-electron chi connectivity index (χ0n) is 16.0. The van der Waals surface area contributed by atoms with Gasteiger partial charge >= 0.3 is 0 Å². The van der Waals surface area contributed by atoms with Crippen molar-refractivity contribution in [2.24, 2.45) is 4.99 Å². The molecule has 1 heterocycles. The summed E-state index contributed by atoms with van der Waals surface area (Å²) in [4.78, 5) is 16.1. The van der Waals surface area contributed by atoms with Gasteiger partial charge in [-0.3, -0.25) is 9.79 Å². The number of fused-ring (bicyclic) bond motifs is 1. The van der Waals surface area contributed by atoms with E-state index in [2.05, 4.69) is 40.9 Å². The van der Waals surface area contributed by atoms with Gasteiger partial charge in [0, 0.05) is 38.0 Å². The van der Waals surface area contributed by atoms with Crippen LogP contribution in [0.4, 0.5) is 0 Å². The third kappa shape index (κ3) is 5.13. The summed E-state index contributed by atoms with van der Waals surface area (Å²) in [7, 11) is 1.77. The predicted molar refractivity (Wildman–Crippen MR) is 103 cm³/mol. The molecule has 1 saturated carbocycles. The van der Waals surface area contributed by atoms with Crippen LogP contribution >= 0.6 is 0 Å². The Morgan fingerprint density at radius 2 is 2.04 bits per heavy atom. The zero-order valence-corrected chi connectivity index (χ0v) is 16.0. The second-order valence-corrected chi connectivity index (χ2v) is 7.74. The number of guanidine groups is 1. The van der Waals surface area contributed by atoms with Gasteiger partial charge in [0.25, 0.3) is 0 Å². The predicted octanol–water partition coefficient (Wildman–Crippen LogP) is 2.51. The molecular formula is C20H30N4O2. The van der Waals surface area contributed by atoms with Crippen molar-refractivity contribution >= 4 is 11.9 Å². The largest absolute Gasteiger partial charge is 0.487 e. The lowest BCUT2D eigenvalue weighted by atomic mass is 9.90. The monoisotopic (exact) mass is 358 g/mol. The fourth-order valence-corrected chi connectivity index (χ4v) is 3.27. The topological polar surface area (TPSA) is 74.8 Å². The van der Waals surface area contributed by atoms with Crippen LogP contribution in [0, 0.1) is 0 Å². The summed E-state index contributed by atoms with van der Waals surface area (Å²) in [5.74, 6) is 1.83. The Labute approximate surface area is 155 Å². The number of rotatable bonds is 6. The molecule has 1 atom stereocenters. The minimum Gasteiger partial charge on any atom is -0.487 e. The van der Waals surface area contributed by atoms with Crippen LogP contribution in [0.2, 0.25) is 0 Å². The smallest absolute Gasteiger partial charge is 0.220 e. The molecule has 1 aromatic carbocycles. The maximum atomic E-state index is 11.7. The lowest BCUT2D eigenvalue weighted by molar-refractivity contribution is -0.121. The first-order chi connectivity index (χ1) is 12.5. The van der Waals surface area contributed by atoms with Crippen molar-refractivity contribution in [3.63, 3.8) is 0 Å². The first kappa shape index (κ1) is 18.5. The van der Waals surface area contributed by atoms with Gasteiger partial charge in [-0.1, -0.05) is 18.2 Å². The van der Waals surface area contributed by atoms with E-state index < -0.39 is 0 Å². The number of hydrogen-bond donors (Lipinski definition) is 3. The van der Waals surface area contributed by atoms with Gasteiger partial charge < -0.3 is 20.7 Å². The normalized spacial score (nSPS) is 21.3. The molecule has 2 aliphatic rings. The average Bonchev–Trinajstić information content (AvgIpc) is 3.40. The third-order valence-electron chi connectivity index (χ3n) is 4.73. The highest BCUT2D eigenvalue weighted by molar-refractivity contribution is 5.80. The van der Waals surface area contributed by atoms with E-state index in [1.807, 2.05) is 18.2 Å². The molecule has 26 heavy (non-hydrogen) atoms. The second kappa shape index (κ2) is 7.98. The number of nitrogens with one attached hydrogen (secondary N) is 3. The Morgan fingerprint density at radius 3 is 2.77 bits per heavy atom. The van der Waals surface area contributed by atoms with E-state index >= 15 is 0 Å². The summed E-state index contributed by atoms with van der Waals surface area (Å²) >= 11 is 0. The number of benzene rings is 1. The van der Waals surface area contributed by atoms with Crippen molar-refractivity contribution < 1.29 is 9.53 Å². The molecular weight excluding hydrogens is 328 g/mol. The van der Waals surface area contributed by atoms with E-state index in [4.69, 9.17) is 4.74 Å². The Balaban J connectivity index is 1.50. The van der Waals surface area contributed by atoms with Crippen molar-refractivity contribution in [1.29, 1.82) is 0 Å². The van der Waals surface area contributed by atoms with Crippen molar-refractivity contribution in [3.05, 3.63) is 29.8 Å². The number of nitrogens with zero attached hydrogens (tertiary/aromatic N) is 1. The molecule has 0 radical (unpaired) electrons. The maximum absolute atomic E-state index is 11.7. The molecule has 1 unspecified atom stereocenters. The molecule has 3 N–H and O–H groups in total. The summed E-state index contributed by atoms with van der Waals surface area (Å²) in [6.45, 7) is 4.92. The molecule has 0 aromatic heterocycles. The van der Waals surface area contributed by atoms with Crippen LogP contribution < -0.4 is 20.7 Å². The highest BCUT2D eigenvalue weighted by Gasteiger charge is 2.33. The second-order valence-electron chi connectivity index (χ2n) is 7.74. The molecule has 6 nitrogen and oxygen atoms in total. The van der Waals surface area contributed by atoms with E-state index in [0.717, 1.165) is 43.0 Å². The van der Waals surface area contributed by atoms with Crippen molar-refractivity contribution in [3.8, 4) is 5.75 Å². The quantitative estimate of drug-likeness (QED) is 0.415. The summed E-state index contributed by atoms with van der Waals surface area (Å²) in [6.07, 6.45) is 4.45. The minimum atomic E-state index is -0.230. The molecule has 3 rings (SSSR count). The van der Waals surface area contributed by atoms with Gasteiger partial charge in [0.2, 0.25) is 5.91 Å². The first-order valence-corrected chi connectivity index (χ1v) is 9.51. The summed E-state index contributed by atoms with van der Waals surface area (Å²) in [6, 6.07) is 8.71. The maximum Gasteiger partial charge on any atom is 0.220 e. The highest BCUT2D eigenvalue weighted by Crippen LogP contribution is 2.39. The molecule has 142 valence electrons. The number of carbonyl (C=O) groups is 1. The van der Waals surface area contributed by atoms with Gasteiger partial charge in [-0.15, -0.1) is 0 Å². The van der Waals surface area contributed by atoms with Crippen molar-refractivity contribution in [1.82, 2.24) is 16.0 Å². The van der Waals surface area contributed by atoms with Crippen LogP contribution in [0.5, 0.6) is 5.75 Å². The van der Waals surface area contributed by atoms with Gasteiger partial charge in [0.1, 0.15) is 11.4 Å². The summed E-state index contributed by atoms with van der Waals surface area (Å²) < 4.78 is 6.08. The third-order valence-corrected chi connectivity index (χ3v) is 4.73. The Morgan fingerprint density at radius 1 is 1.27 bits per heavy atom. The molecule has 1 aromatic rings. The van der Waals surface area contributed by atoms with Crippen LogP contribution in [0.15, 0.2) is 29.3 Å². The average molecular weight is 358 g/mol. The molecule has 1 amide bonds. The first-order valence-electron chi connectivity index (χ1n) is 9.51. The van der Waals surface area contributed by atoms with Crippen molar-refractivity contribution in [2.45, 2.75) is 63.6 Å². The van der Waals surface area contributed by atoms with Crippen LogP contribution in [0.3, 0.4) is 0 Å². The highest BCUT2D eigenvalue weighted by atomic mass is 16.5. The summed E-state index contributed by atoms with van der Waals surface area (Å²) in [5.41, 5.74) is 0.921. The lowest BCUT2D eigenvalue weighted by Gasteiger charge is -2.38. The summed E-state index contributed by atoms with van der Waals surface area (Å²) in [5, 5.41) is 9.84. The van der Waals surface area contributed by atoms with E-state index in [0.29, 0.717) is 19.0 Å². The van der Waals surface area contributed by atoms with Crippen molar-refractivity contribution in [2.75, 3.05) is 13.6 Å². The van der Waals surface area contributed by atoms with Crippen LogP contribution in [-0.2, 0) is 4.79 Å². The number of aliphatic imine (C=N–C) groups is 1. The van der Waals surface area contributed by atoms with Crippen LogP contribution in [0.1, 0.15) is 57.6 Å². The zero-order chi connectivity index (χ0) is 18.6. The van der Waals surface area contributed by atoms with E-state index in [1.165, 1.54) is 0 Å². The molecule has 1 aliphatic carbocycles. The number of carbonyl (C=O) groups excluding carboxylic acids is 1. The van der Waals surface area contributed by atoms with E-state index in [-0.39, 0.29) is 17.6 Å². The van der Waals surface area contributed by atoms with E-state index in [9.17, 15) is 4.79 Å². The fraction of sp³-hybridized carbons (Fsp3) is 0.600. The van der Waals surface area contributed by atoms with E-state index in [1.54, 1.807) is 7.05 Å². The number of hydrogen-bond acceptors (Lipinski definition) is 3. The SMILES string of the molecule is CN=C(NCCCC(=O)NC1CC1)NC1CC(C)(C)Oc2ccccc21. The molecule has 0 bridgehead atoms. The minimum absolute atomic E-state index is 0.138. The molecule has 6 heteroatoms. The van der Waals surface area contributed by atoms with Gasteiger partial charge in [0.05, 0.1) is 6.04 Å². The van der Waals surface area contributed by atoms with Crippen LogP contribution in [-0.4, -0.2) is 37.1 Å².